The maximum atomic E-state index is 13.3. The fraction of sp³-hybridized carbons (Fsp3) is 0.316. The molecule has 0 bridgehead atoms. The molecule has 2 heterocycles. The van der Waals surface area contributed by atoms with Crippen LogP contribution in [-0.2, 0) is 6.54 Å². The molecule has 1 aromatic heterocycles. The van der Waals surface area contributed by atoms with Crippen LogP contribution in [-0.4, -0.2) is 28.0 Å². The number of hydrogen-bond donors (Lipinski definition) is 1. The summed E-state index contributed by atoms with van der Waals surface area (Å²) < 4.78 is 26.4. The third kappa shape index (κ3) is 2.91. The summed E-state index contributed by atoms with van der Waals surface area (Å²) in [5, 5.41) is 0. The summed E-state index contributed by atoms with van der Waals surface area (Å²) in [5.74, 6) is -0.210. The quantitative estimate of drug-likeness (QED) is 0.784. The van der Waals surface area contributed by atoms with Crippen molar-refractivity contribution >= 4 is 11.0 Å². The molecule has 0 spiro atoms. The van der Waals surface area contributed by atoms with E-state index in [4.69, 9.17) is 4.98 Å². The van der Waals surface area contributed by atoms with E-state index >= 15 is 0 Å². The number of aromatic amines is 1. The van der Waals surface area contributed by atoms with Crippen LogP contribution >= 0.6 is 0 Å². The van der Waals surface area contributed by atoms with Crippen molar-refractivity contribution in [3.63, 3.8) is 0 Å². The van der Waals surface area contributed by atoms with Crippen molar-refractivity contribution in [3.8, 4) is 0 Å². The molecule has 1 atom stereocenters. The lowest BCUT2D eigenvalue weighted by Gasteiger charge is -2.15. The van der Waals surface area contributed by atoms with Crippen molar-refractivity contribution in [1.82, 2.24) is 14.9 Å². The van der Waals surface area contributed by atoms with Gasteiger partial charge in [-0.1, -0.05) is 12.1 Å². The van der Waals surface area contributed by atoms with Gasteiger partial charge in [-0.15, -0.1) is 0 Å². The van der Waals surface area contributed by atoms with Crippen LogP contribution in [0.4, 0.5) is 8.78 Å². The summed E-state index contributed by atoms with van der Waals surface area (Å²) in [6.45, 7) is 4.50. The topological polar surface area (TPSA) is 31.9 Å². The summed E-state index contributed by atoms with van der Waals surface area (Å²) in [7, 11) is 0. The smallest absolute Gasteiger partial charge is 0.159 e. The number of nitrogens with one attached hydrogen (secondary N) is 1. The minimum atomic E-state index is -0.796. The predicted octanol–water partition coefficient (Wildman–Crippen LogP) is 4.14. The molecule has 3 nitrogen and oxygen atoms in total. The molecule has 1 saturated heterocycles. The molecule has 1 aliphatic heterocycles. The fourth-order valence-electron chi connectivity index (χ4n) is 3.43. The Morgan fingerprint density at radius 1 is 1.17 bits per heavy atom. The molecule has 124 valence electrons. The third-order valence-corrected chi connectivity index (χ3v) is 4.70. The number of aryl methyl sites for hydroxylation is 1. The Morgan fingerprint density at radius 3 is 2.88 bits per heavy atom. The van der Waals surface area contributed by atoms with Gasteiger partial charge in [0.05, 0.1) is 11.0 Å². The highest BCUT2D eigenvalue weighted by Gasteiger charge is 2.26. The highest BCUT2D eigenvalue weighted by molar-refractivity contribution is 5.75. The molecule has 0 saturated carbocycles. The Hall–Kier alpha value is -2.27. The van der Waals surface area contributed by atoms with Gasteiger partial charge >= 0.3 is 0 Å². The van der Waals surface area contributed by atoms with E-state index in [9.17, 15) is 8.78 Å². The molecule has 5 heteroatoms. The second kappa shape index (κ2) is 5.98. The van der Waals surface area contributed by atoms with Crippen LogP contribution < -0.4 is 0 Å². The zero-order valence-corrected chi connectivity index (χ0v) is 13.5. The maximum absolute atomic E-state index is 13.3. The number of benzene rings is 2. The van der Waals surface area contributed by atoms with E-state index in [1.54, 1.807) is 6.07 Å². The highest BCUT2D eigenvalue weighted by Crippen LogP contribution is 2.28. The Morgan fingerprint density at radius 2 is 2.04 bits per heavy atom. The van der Waals surface area contributed by atoms with E-state index < -0.39 is 11.6 Å². The molecule has 4 rings (SSSR count). The van der Waals surface area contributed by atoms with Crippen LogP contribution in [0.3, 0.4) is 0 Å². The van der Waals surface area contributed by atoms with Gasteiger partial charge in [-0.05, 0) is 55.3 Å². The summed E-state index contributed by atoms with van der Waals surface area (Å²) in [4.78, 5) is 10.4. The van der Waals surface area contributed by atoms with E-state index in [-0.39, 0.29) is 0 Å². The van der Waals surface area contributed by atoms with Gasteiger partial charge in [-0.3, -0.25) is 4.90 Å². The lowest BCUT2D eigenvalue weighted by molar-refractivity contribution is 0.325. The van der Waals surface area contributed by atoms with Gasteiger partial charge in [0.15, 0.2) is 11.6 Å². The van der Waals surface area contributed by atoms with Gasteiger partial charge in [0.25, 0.3) is 0 Å². The first-order valence-electron chi connectivity index (χ1n) is 8.21. The SMILES string of the molecule is Cc1ccc2nc(C3CCN(Cc4ccc(F)c(F)c4)C3)[nH]c2c1. The van der Waals surface area contributed by atoms with Crippen LogP contribution in [0, 0.1) is 18.6 Å². The molecule has 0 radical (unpaired) electrons. The lowest BCUT2D eigenvalue weighted by Crippen LogP contribution is -2.20. The minimum Gasteiger partial charge on any atom is -0.342 e. The molecular formula is C19H19F2N3. The number of aromatic nitrogens is 2. The summed E-state index contributed by atoms with van der Waals surface area (Å²) in [6.07, 6.45) is 1.02. The second-order valence-corrected chi connectivity index (χ2v) is 6.61. The summed E-state index contributed by atoms with van der Waals surface area (Å²) in [5.41, 5.74) is 4.08. The van der Waals surface area contributed by atoms with Crippen LogP contribution in [0.5, 0.6) is 0 Å². The van der Waals surface area contributed by atoms with E-state index in [2.05, 4.69) is 28.9 Å². The molecule has 2 aromatic carbocycles. The third-order valence-electron chi connectivity index (χ3n) is 4.70. The van der Waals surface area contributed by atoms with Gasteiger partial charge in [-0.2, -0.15) is 0 Å². The number of nitrogens with zero attached hydrogens (tertiary/aromatic N) is 2. The zero-order valence-electron chi connectivity index (χ0n) is 13.5. The van der Waals surface area contributed by atoms with Gasteiger partial charge < -0.3 is 4.98 Å². The van der Waals surface area contributed by atoms with Crippen molar-refractivity contribution in [2.45, 2.75) is 25.8 Å². The minimum absolute atomic E-state index is 0.350. The predicted molar refractivity (Wildman–Crippen MR) is 89.8 cm³/mol. The number of hydrogen-bond acceptors (Lipinski definition) is 2. The molecule has 1 N–H and O–H groups in total. The highest BCUT2D eigenvalue weighted by atomic mass is 19.2. The first kappa shape index (κ1) is 15.3. The van der Waals surface area contributed by atoms with Crippen molar-refractivity contribution in [2.75, 3.05) is 13.1 Å². The van der Waals surface area contributed by atoms with E-state index in [1.807, 2.05) is 6.07 Å². The first-order chi connectivity index (χ1) is 11.6. The largest absolute Gasteiger partial charge is 0.342 e. The van der Waals surface area contributed by atoms with Gasteiger partial charge in [-0.25, -0.2) is 13.8 Å². The molecule has 0 aliphatic carbocycles. The molecule has 1 fully saturated rings. The average Bonchev–Trinajstić information content (AvgIpc) is 3.17. The number of halogens is 2. The zero-order chi connectivity index (χ0) is 16.7. The van der Waals surface area contributed by atoms with Crippen LogP contribution in [0.15, 0.2) is 36.4 Å². The molecule has 1 unspecified atom stereocenters. The lowest BCUT2D eigenvalue weighted by atomic mass is 10.1. The van der Waals surface area contributed by atoms with Crippen molar-refractivity contribution in [1.29, 1.82) is 0 Å². The van der Waals surface area contributed by atoms with E-state index in [1.165, 1.54) is 17.7 Å². The van der Waals surface area contributed by atoms with Gasteiger partial charge in [0.1, 0.15) is 5.82 Å². The van der Waals surface area contributed by atoms with E-state index in [0.717, 1.165) is 41.9 Å². The number of H-pyrrole nitrogens is 1. The van der Waals surface area contributed by atoms with Crippen LogP contribution in [0.1, 0.15) is 29.3 Å². The average molecular weight is 327 g/mol. The Balaban J connectivity index is 1.47. The number of imidazole rings is 1. The molecule has 1 aliphatic rings. The number of rotatable bonds is 3. The molecular weight excluding hydrogens is 308 g/mol. The number of fused-ring (bicyclic) bond motifs is 1. The van der Waals surface area contributed by atoms with Crippen molar-refractivity contribution < 1.29 is 8.78 Å². The van der Waals surface area contributed by atoms with E-state index in [0.29, 0.717) is 12.5 Å². The normalized spacial score (nSPS) is 18.5. The molecule has 0 amide bonds. The monoisotopic (exact) mass is 327 g/mol. The Kier molecular flexibility index (Phi) is 3.81. The summed E-state index contributed by atoms with van der Waals surface area (Å²) in [6, 6.07) is 10.3. The Bertz CT molecular complexity index is 887. The first-order valence-corrected chi connectivity index (χ1v) is 8.21. The molecule has 3 aromatic rings. The van der Waals surface area contributed by atoms with Gasteiger partial charge in [0, 0.05) is 19.0 Å². The number of likely N-dealkylation sites (tertiary alicyclic amines) is 1. The molecule has 24 heavy (non-hydrogen) atoms. The summed E-state index contributed by atoms with van der Waals surface area (Å²) >= 11 is 0. The van der Waals surface area contributed by atoms with Crippen LogP contribution in [0.25, 0.3) is 11.0 Å². The van der Waals surface area contributed by atoms with Gasteiger partial charge in [0.2, 0.25) is 0 Å². The van der Waals surface area contributed by atoms with Crippen LogP contribution in [0.2, 0.25) is 0 Å². The fourth-order valence-corrected chi connectivity index (χ4v) is 3.43. The van der Waals surface area contributed by atoms with Crippen molar-refractivity contribution in [2.24, 2.45) is 0 Å². The second-order valence-electron chi connectivity index (χ2n) is 6.61. The standard InChI is InChI=1S/C19H19F2N3/c1-12-2-5-17-18(8-12)23-19(22-17)14-6-7-24(11-14)10-13-3-4-15(20)16(21)9-13/h2-5,8-9,14H,6-7,10-11H2,1H3,(H,22,23). The maximum Gasteiger partial charge on any atom is 0.159 e. The Labute approximate surface area is 139 Å². The van der Waals surface area contributed by atoms with Crippen molar-refractivity contribution in [3.05, 3.63) is 65.0 Å².